The maximum absolute atomic E-state index is 13.0. The fraction of sp³-hybridized carbons (Fsp3) is 0.571. The van der Waals surface area contributed by atoms with Crippen molar-refractivity contribution in [3.05, 3.63) is 65.7 Å². The van der Waals surface area contributed by atoms with Crippen molar-refractivity contribution in [1.29, 1.82) is 0 Å². The van der Waals surface area contributed by atoms with Gasteiger partial charge in [-0.05, 0) is 55.9 Å². The van der Waals surface area contributed by atoms with Gasteiger partial charge in [0, 0.05) is 56.4 Å². The van der Waals surface area contributed by atoms with Gasteiger partial charge in [0.1, 0.15) is 23.0 Å². The Bertz CT molecular complexity index is 1250. The molecule has 2 unspecified atom stereocenters. The van der Waals surface area contributed by atoms with Crippen LogP contribution in [0.3, 0.4) is 0 Å². The largest absolute Gasteiger partial charge is 0.493 e. The normalized spacial score (nSPS) is 18.3. The summed E-state index contributed by atoms with van der Waals surface area (Å²) >= 11 is 0. The summed E-state index contributed by atoms with van der Waals surface area (Å²) in [5.74, 6) is -2.73. The molecule has 0 aromatic heterocycles. The third-order valence-electron chi connectivity index (χ3n) is 8.36. The molecule has 1 heterocycles. The molecule has 11 heteroatoms. The standard InChI is InChI=1S/C35H45F5O6/c1-26-23-44-32-22-30(46-25-43-3)18-19-31(32)33(26,27-14-16-29(17-15-27)45-24-42-2)20-10-8-6-4-5-7-9-12-28(41)13-11-21-34(36,37)35(38,39)40/h8,10,14-19,22,26H,4-7,9,11-13,20-21,23-25H2,1-3H3. The van der Waals surface area contributed by atoms with Crippen molar-refractivity contribution >= 4 is 5.78 Å². The van der Waals surface area contributed by atoms with Gasteiger partial charge in [-0.1, -0.05) is 50.1 Å². The van der Waals surface area contributed by atoms with Crippen molar-refractivity contribution in [2.45, 2.75) is 88.6 Å². The van der Waals surface area contributed by atoms with E-state index in [4.69, 9.17) is 23.7 Å². The van der Waals surface area contributed by atoms with Crippen molar-refractivity contribution in [3.63, 3.8) is 0 Å². The van der Waals surface area contributed by atoms with Crippen molar-refractivity contribution in [1.82, 2.24) is 0 Å². The molecule has 2 aromatic carbocycles. The topological polar surface area (TPSA) is 63.2 Å². The molecular weight excluding hydrogens is 611 g/mol. The number of Topliss-reactive ketones (excluding diaryl/α,β-unsaturated/α-hetero) is 1. The molecule has 2 aromatic rings. The smallest absolute Gasteiger partial charge is 0.453 e. The number of benzene rings is 2. The molecule has 0 saturated heterocycles. The predicted octanol–water partition coefficient (Wildman–Crippen LogP) is 9.19. The number of hydrogen-bond donors (Lipinski definition) is 0. The van der Waals surface area contributed by atoms with Gasteiger partial charge in [0.15, 0.2) is 13.6 Å². The Hall–Kier alpha value is -3.18. The number of ketones is 1. The minimum atomic E-state index is -5.58. The molecule has 256 valence electrons. The van der Waals surface area contributed by atoms with Gasteiger partial charge in [-0.25, -0.2) is 0 Å². The van der Waals surface area contributed by atoms with Crippen LogP contribution in [-0.2, 0) is 19.7 Å². The van der Waals surface area contributed by atoms with Crippen molar-refractivity contribution < 1.29 is 50.4 Å². The second kappa shape index (κ2) is 17.7. The maximum atomic E-state index is 13.0. The summed E-state index contributed by atoms with van der Waals surface area (Å²) in [6.45, 7) is 3.01. The van der Waals surface area contributed by atoms with Crippen LogP contribution in [0.5, 0.6) is 17.2 Å². The minimum absolute atomic E-state index is 0.134. The number of alkyl halides is 5. The lowest BCUT2D eigenvalue weighted by Crippen LogP contribution is -2.41. The first-order valence-electron chi connectivity index (χ1n) is 15.7. The van der Waals surface area contributed by atoms with E-state index in [1.54, 1.807) is 14.2 Å². The Morgan fingerprint density at radius 2 is 1.50 bits per heavy atom. The van der Waals surface area contributed by atoms with Crippen molar-refractivity contribution in [2.75, 3.05) is 34.4 Å². The van der Waals surface area contributed by atoms with Gasteiger partial charge in [0.05, 0.1) is 6.61 Å². The number of halogens is 5. The first kappa shape index (κ1) is 37.3. The molecule has 1 aliphatic rings. The van der Waals surface area contributed by atoms with Crippen LogP contribution in [0.25, 0.3) is 0 Å². The highest BCUT2D eigenvalue weighted by Crippen LogP contribution is 2.50. The molecule has 0 radical (unpaired) electrons. The molecule has 1 aliphatic heterocycles. The zero-order valence-electron chi connectivity index (χ0n) is 26.8. The van der Waals surface area contributed by atoms with Gasteiger partial charge in [0.25, 0.3) is 0 Å². The number of hydrogen-bond acceptors (Lipinski definition) is 6. The SMILES string of the molecule is COCOc1ccc(C2(CC=CCCCCCCC(=O)CCCC(F)(F)C(F)(F)F)c3ccc(OCOC)cc3OCC2C)cc1. The molecule has 46 heavy (non-hydrogen) atoms. The van der Waals surface area contributed by atoms with Gasteiger partial charge in [0.2, 0.25) is 0 Å². The van der Waals surface area contributed by atoms with E-state index in [1.165, 1.54) is 0 Å². The summed E-state index contributed by atoms with van der Waals surface area (Å²) in [6, 6.07) is 13.9. The van der Waals surface area contributed by atoms with Crippen LogP contribution in [0.15, 0.2) is 54.6 Å². The molecule has 0 bridgehead atoms. The lowest BCUT2D eigenvalue weighted by atomic mass is 9.63. The Morgan fingerprint density at radius 3 is 2.17 bits per heavy atom. The van der Waals surface area contributed by atoms with Crippen LogP contribution in [0.1, 0.15) is 82.3 Å². The van der Waals surface area contributed by atoms with Gasteiger partial charge in [-0.2, -0.15) is 22.0 Å². The van der Waals surface area contributed by atoms with E-state index in [-0.39, 0.29) is 43.5 Å². The molecule has 0 spiro atoms. The summed E-state index contributed by atoms with van der Waals surface area (Å²) in [6.07, 6.45) is 1.68. The van der Waals surface area contributed by atoms with Gasteiger partial charge in [-0.15, -0.1) is 0 Å². The zero-order chi connectivity index (χ0) is 33.6. The minimum Gasteiger partial charge on any atom is -0.493 e. The molecule has 6 nitrogen and oxygen atoms in total. The number of allylic oxidation sites excluding steroid dienone is 2. The monoisotopic (exact) mass is 656 g/mol. The van der Waals surface area contributed by atoms with Gasteiger partial charge >= 0.3 is 12.1 Å². The van der Waals surface area contributed by atoms with Crippen LogP contribution in [0.2, 0.25) is 0 Å². The summed E-state index contributed by atoms with van der Waals surface area (Å²) in [5, 5.41) is 0. The zero-order valence-corrected chi connectivity index (χ0v) is 26.8. The summed E-state index contributed by atoms with van der Waals surface area (Å²) in [5.41, 5.74) is 1.84. The van der Waals surface area contributed by atoms with Crippen LogP contribution >= 0.6 is 0 Å². The Morgan fingerprint density at radius 1 is 0.870 bits per heavy atom. The van der Waals surface area contributed by atoms with Crippen molar-refractivity contribution in [3.8, 4) is 17.2 Å². The average molecular weight is 657 g/mol. The van der Waals surface area contributed by atoms with E-state index in [0.29, 0.717) is 24.5 Å². The van der Waals surface area contributed by atoms with E-state index in [9.17, 15) is 26.7 Å². The highest BCUT2D eigenvalue weighted by Gasteiger charge is 2.56. The second-order valence-corrected chi connectivity index (χ2v) is 11.7. The molecule has 0 aliphatic carbocycles. The Labute approximate surface area is 268 Å². The number of methoxy groups -OCH3 is 2. The van der Waals surface area contributed by atoms with Crippen LogP contribution in [0, 0.1) is 5.92 Å². The van der Waals surface area contributed by atoms with E-state index < -0.39 is 24.9 Å². The molecule has 2 atom stereocenters. The summed E-state index contributed by atoms with van der Waals surface area (Å²) in [7, 11) is 3.14. The summed E-state index contributed by atoms with van der Waals surface area (Å²) < 4.78 is 90.3. The number of unbranched alkanes of at least 4 members (excludes halogenated alkanes) is 4. The van der Waals surface area contributed by atoms with Crippen LogP contribution in [0.4, 0.5) is 22.0 Å². The van der Waals surface area contributed by atoms with E-state index in [2.05, 4.69) is 37.3 Å². The molecule has 0 amide bonds. The fourth-order valence-electron chi connectivity index (χ4n) is 5.77. The second-order valence-electron chi connectivity index (χ2n) is 11.7. The first-order valence-corrected chi connectivity index (χ1v) is 15.7. The third kappa shape index (κ3) is 10.2. The molecule has 0 fully saturated rings. The number of ether oxygens (including phenoxy) is 5. The molecule has 0 N–H and O–H groups in total. The van der Waals surface area contributed by atoms with E-state index >= 15 is 0 Å². The average Bonchev–Trinajstić information content (AvgIpc) is 3.02. The van der Waals surface area contributed by atoms with Crippen LogP contribution < -0.4 is 14.2 Å². The van der Waals surface area contributed by atoms with Gasteiger partial charge < -0.3 is 23.7 Å². The number of rotatable bonds is 20. The quantitative estimate of drug-likeness (QED) is 0.0613. The lowest BCUT2D eigenvalue weighted by molar-refractivity contribution is -0.284. The fourth-order valence-corrected chi connectivity index (χ4v) is 5.77. The van der Waals surface area contributed by atoms with E-state index in [1.807, 2.05) is 24.3 Å². The van der Waals surface area contributed by atoms with Gasteiger partial charge in [-0.3, -0.25) is 4.79 Å². The van der Waals surface area contributed by atoms with Crippen molar-refractivity contribution in [2.24, 2.45) is 5.92 Å². The number of carbonyl (C=O) groups excluding carboxylic acids is 1. The Balaban J connectivity index is 1.57. The maximum Gasteiger partial charge on any atom is 0.453 e. The third-order valence-corrected chi connectivity index (χ3v) is 8.36. The summed E-state index contributed by atoms with van der Waals surface area (Å²) in [4.78, 5) is 11.9. The van der Waals surface area contributed by atoms with Crippen LogP contribution in [-0.4, -0.2) is 52.3 Å². The highest BCUT2D eigenvalue weighted by atomic mass is 19.4. The first-order chi connectivity index (χ1) is 21.9. The molecule has 3 rings (SSSR count). The lowest BCUT2D eigenvalue weighted by Gasteiger charge is -2.44. The number of fused-ring (bicyclic) bond motifs is 1. The van der Waals surface area contributed by atoms with E-state index in [0.717, 1.165) is 49.0 Å². The Kier molecular flexibility index (Phi) is 14.3. The molecule has 0 saturated carbocycles. The predicted molar refractivity (Wildman–Crippen MR) is 165 cm³/mol. The number of carbonyl (C=O) groups is 1. The highest BCUT2D eigenvalue weighted by molar-refractivity contribution is 5.78. The molecular formula is C35H45F5O6.